The molecule has 0 radical (unpaired) electrons. The Labute approximate surface area is 60.9 Å². The van der Waals surface area contributed by atoms with Crippen molar-refractivity contribution < 1.29 is 8.42 Å². The van der Waals surface area contributed by atoms with Gasteiger partial charge in [0.15, 0.2) is 9.84 Å². The third kappa shape index (κ3) is 4.10. The van der Waals surface area contributed by atoms with E-state index in [1.54, 1.807) is 13.0 Å². The third-order valence-corrected chi connectivity index (χ3v) is 2.25. The molecule has 0 aliphatic carbocycles. The fourth-order valence-corrected chi connectivity index (χ4v) is 1.57. The lowest BCUT2D eigenvalue weighted by Crippen LogP contribution is -2.09. The Morgan fingerprint density at radius 3 is 2.50 bits per heavy atom. The number of hydrogen-bond donors (Lipinski definition) is 0. The van der Waals surface area contributed by atoms with Crippen LogP contribution in [0.2, 0.25) is 0 Å². The van der Waals surface area contributed by atoms with Crippen LogP contribution in [0.5, 0.6) is 0 Å². The minimum absolute atomic E-state index is 0.0828. The second kappa shape index (κ2) is 3.37. The first kappa shape index (κ1) is 9.18. The average molecular weight is 159 g/mol. The van der Waals surface area contributed by atoms with Gasteiger partial charge in [0.05, 0.1) is 11.8 Å². The molecule has 0 aliphatic heterocycles. The summed E-state index contributed by atoms with van der Waals surface area (Å²) in [5.74, 6) is -0.500. The summed E-state index contributed by atoms with van der Waals surface area (Å²) < 4.78 is 21.5. The molecule has 4 heteroatoms. The summed E-state index contributed by atoms with van der Waals surface area (Å²) >= 11 is 0. The van der Waals surface area contributed by atoms with Gasteiger partial charge in [-0.3, -0.25) is 0 Å². The van der Waals surface area contributed by atoms with Crippen LogP contribution in [-0.4, -0.2) is 19.9 Å². The summed E-state index contributed by atoms with van der Waals surface area (Å²) in [6, 6.07) is 1.58. The van der Waals surface area contributed by atoms with Crippen molar-refractivity contribution >= 4 is 9.84 Å². The van der Waals surface area contributed by atoms with Crippen LogP contribution in [0.25, 0.3) is 0 Å². The number of nitriles is 1. The molecule has 0 aromatic heterocycles. The van der Waals surface area contributed by atoms with E-state index in [1.807, 2.05) is 0 Å². The molecule has 0 N–H and O–H groups in total. The van der Waals surface area contributed by atoms with E-state index in [0.717, 1.165) is 0 Å². The summed E-state index contributed by atoms with van der Waals surface area (Å²) in [5.41, 5.74) is 0.565. The molecule has 3 nitrogen and oxygen atoms in total. The maximum atomic E-state index is 10.8. The van der Waals surface area contributed by atoms with E-state index < -0.39 is 15.6 Å². The van der Waals surface area contributed by atoms with Crippen LogP contribution in [0, 0.1) is 11.3 Å². The van der Waals surface area contributed by atoms with Crippen molar-refractivity contribution in [3.05, 3.63) is 12.2 Å². The maximum Gasteiger partial charge on any atom is 0.167 e. The molecule has 0 bridgehead atoms. The quantitative estimate of drug-likeness (QED) is 0.563. The van der Waals surface area contributed by atoms with Crippen LogP contribution in [-0.2, 0) is 9.84 Å². The van der Waals surface area contributed by atoms with Gasteiger partial charge < -0.3 is 0 Å². The summed E-state index contributed by atoms with van der Waals surface area (Å²) in [4.78, 5) is 0. The Kier molecular flexibility index (Phi) is 3.10. The third-order valence-electron chi connectivity index (χ3n) is 0.751. The molecule has 10 heavy (non-hydrogen) atoms. The largest absolute Gasteiger partial charge is 0.227 e. The molecule has 0 atom stereocenters. The molecule has 0 saturated carbocycles. The van der Waals surface area contributed by atoms with Gasteiger partial charge in [-0.15, -0.1) is 0 Å². The molecule has 0 heterocycles. The molecule has 0 aromatic rings. The lowest BCUT2D eigenvalue weighted by atomic mass is 10.4. The molecule has 0 unspecified atom stereocenters. The fraction of sp³-hybridized carbons (Fsp3) is 0.500. The normalized spacial score (nSPS) is 10.4. The first-order valence-electron chi connectivity index (χ1n) is 2.69. The van der Waals surface area contributed by atoms with Gasteiger partial charge in [-0.05, 0) is 6.92 Å². The summed E-state index contributed by atoms with van der Waals surface area (Å²) in [5, 5.41) is 8.06. The molecule has 0 aromatic carbocycles. The van der Waals surface area contributed by atoms with Crippen molar-refractivity contribution in [3.63, 3.8) is 0 Å². The van der Waals surface area contributed by atoms with Crippen molar-refractivity contribution in [2.24, 2.45) is 0 Å². The van der Waals surface area contributed by atoms with Crippen LogP contribution >= 0.6 is 0 Å². The zero-order valence-corrected chi connectivity index (χ0v) is 6.61. The topological polar surface area (TPSA) is 57.9 Å². The highest BCUT2D eigenvalue weighted by Gasteiger charge is 2.08. The van der Waals surface area contributed by atoms with Gasteiger partial charge in [0, 0.05) is 0 Å². The molecule has 56 valence electrons. The van der Waals surface area contributed by atoms with Gasteiger partial charge in [0.2, 0.25) is 0 Å². The van der Waals surface area contributed by atoms with E-state index in [1.165, 1.54) is 0 Å². The van der Waals surface area contributed by atoms with Gasteiger partial charge >= 0.3 is 0 Å². The van der Waals surface area contributed by atoms with Crippen LogP contribution in [0.1, 0.15) is 6.92 Å². The molecule has 0 rings (SSSR count). The number of hydrogen-bond acceptors (Lipinski definition) is 3. The predicted molar refractivity (Wildman–Crippen MR) is 39.1 cm³/mol. The van der Waals surface area contributed by atoms with E-state index in [2.05, 4.69) is 6.58 Å². The molecular weight excluding hydrogens is 150 g/mol. The lowest BCUT2D eigenvalue weighted by molar-refractivity contribution is 0.601. The van der Waals surface area contributed by atoms with Crippen molar-refractivity contribution in [2.75, 3.05) is 11.5 Å². The lowest BCUT2D eigenvalue weighted by Gasteiger charge is -1.95. The van der Waals surface area contributed by atoms with Gasteiger partial charge in [-0.1, -0.05) is 12.2 Å². The van der Waals surface area contributed by atoms with Crippen molar-refractivity contribution in [3.8, 4) is 6.07 Å². The Morgan fingerprint density at radius 1 is 1.70 bits per heavy atom. The van der Waals surface area contributed by atoms with E-state index in [-0.39, 0.29) is 5.75 Å². The smallest absolute Gasteiger partial charge is 0.167 e. The second-order valence-electron chi connectivity index (χ2n) is 2.15. The van der Waals surface area contributed by atoms with Crippen molar-refractivity contribution in [2.45, 2.75) is 6.92 Å². The molecule has 0 fully saturated rings. The van der Waals surface area contributed by atoms with Gasteiger partial charge in [0.1, 0.15) is 5.75 Å². The number of nitrogens with zero attached hydrogens (tertiary/aromatic N) is 1. The highest BCUT2D eigenvalue weighted by Crippen LogP contribution is 1.96. The van der Waals surface area contributed by atoms with Crippen LogP contribution in [0.4, 0.5) is 0 Å². The minimum atomic E-state index is -3.19. The molecular formula is C6H9NO2S. The fourth-order valence-electron chi connectivity index (χ4n) is 0.525. The van der Waals surface area contributed by atoms with Crippen LogP contribution in [0.3, 0.4) is 0 Å². The first-order valence-corrected chi connectivity index (χ1v) is 4.52. The number of sulfone groups is 1. The highest BCUT2D eigenvalue weighted by atomic mass is 32.2. The standard InChI is InChI=1S/C6H9NO2S/c1-6(2)5-10(8,9)4-3-7/h1,4-5H2,2H3. The van der Waals surface area contributed by atoms with Gasteiger partial charge in [-0.2, -0.15) is 5.26 Å². The number of rotatable bonds is 3. The zero-order chi connectivity index (χ0) is 8.20. The molecule has 0 aliphatic rings. The minimum Gasteiger partial charge on any atom is -0.227 e. The van der Waals surface area contributed by atoms with Crippen molar-refractivity contribution in [1.29, 1.82) is 5.26 Å². The molecule has 0 amide bonds. The van der Waals surface area contributed by atoms with Gasteiger partial charge in [0.25, 0.3) is 0 Å². The molecule has 0 spiro atoms. The van der Waals surface area contributed by atoms with E-state index >= 15 is 0 Å². The molecule has 0 saturated heterocycles. The monoisotopic (exact) mass is 159 g/mol. The highest BCUT2D eigenvalue weighted by molar-refractivity contribution is 7.91. The summed E-state index contributed by atoms with van der Waals surface area (Å²) in [6.45, 7) is 5.05. The first-order chi connectivity index (χ1) is 4.48. The van der Waals surface area contributed by atoms with E-state index in [0.29, 0.717) is 5.57 Å². The predicted octanol–water partition coefficient (Wildman–Crippen LogP) is 0.501. The Bertz CT molecular complexity index is 258. The van der Waals surface area contributed by atoms with Crippen LogP contribution < -0.4 is 0 Å². The Hall–Kier alpha value is -0.820. The van der Waals surface area contributed by atoms with Crippen LogP contribution in [0.15, 0.2) is 12.2 Å². The van der Waals surface area contributed by atoms with Crippen molar-refractivity contribution in [1.82, 2.24) is 0 Å². The SMILES string of the molecule is C=C(C)CS(=O)(=O)CC#N. The Balaban J connectivity index is 4.19. The maximum absolute atomic E-state index is 10.8. The van der Waals surface area contributed by atoms with Gasteiger partial charge in [-0.25, -0.2) is 8.42 Å². The van der Waals surface area contributed by atoms with E-state index in [4.69, 9.17) is 5.26 Å². The average Bonchev–Trinajstić information content (AvgIpc) is 1.59. The summed E-state index contributed by atoms with van der Waals surface area (Å²) in [6.07, 6.45) is 0. The Morgan fingerprint density at radius 2 is 2.20 bits per heavy atom. The second-order valence-corrected chi connectivity index (χ2v) is 4.21. The zero-order valence-electron chi connectivity index (χ0n) is 5.79. The van der Waals surface area contributed by atoms with E-state index in [9.17, 15) is 8.42 Å². The summed E-state index contributed by atoms with van der Waals surface area (Å²) in [7, 11) is -3.19.